The summed E-state index contributed by atoms with van der Waals surface area (Å²) in [5, 5.41) is 0.536. The molecule has 0 unspecified atom stereocenters. The van der Waals surface area contributed by atoms with Gasteiger partial charge < -0.3 is 15.2 Å². The third-order valence-corrected chi connectivity index (χ3v) is 5.93. The van der Waals surface area contributed by atoms with Gasteiger partial charge in [0.2, 0.25) is 0 Å². The third-order valence-electron chi connectivity index (χ3n) is 5.70. The predicted octanol–water partition coefficient (Wildman–Crippen LogP) is 7.05. The van der Waals surface area contributed by atoms with Gasteiger partial charge in [0.05, 0.1) is 12.2 Å². The van der Waals surface area contributed by atoms with Gasteiger partial charge in [0.1, 0.15) is 24.0 Å². The van der Waals surface area contributed by atoms with Gasteiger partial charge in [-0.2, -0.15) is 0 Å². The number of carbonyl (C=O) groups excluding carboxylic acids is 1. The molecule has 0 saturated carbocycles. The summed E-state index contributed by atoms with van der Waals surface area (Å²) in [7, 11) is 0. The van der Waals surface area contributed by atoms with E-state index in [9.17, 15) is 13.6 Å². The first kappa shape index (κ1) is 23.8. The lowest BCUT2D eigenvalue weighted by Gasteiger charge is -2.16. The van der Waals surface area contributed by atoms with E-state index in [2.05, 4.69) is 0 Å². The van der Waals surface area contributed by atoms with Crippen molar-refractivity contribution < 1.29 is 23.0 Å². The van der Waals surface area contributed by atoms with E-state index in [1.807, 2.05) is 12.1 Å². The molecule has 34 heavy (non-hydrogen) atoms. The highest BCUT2D eigenvalue weighted by molar-refractivity contribution is 6.30. The molecule has 1 aliphatic rings. The molecule has 2 N–H and O–H groups in total. The number of rotatable bonds is 7. The Morgan fingerprint density at radius 1 is 1.03 bits per heavy atom. The van der Waals surface area contributed by atoms with Crippen molar-refractivity contribution in [3.8, 4) is 5.75 Å². The summed E-state index contributed by atoms with van der Waals surface area (Å²) in [6, 6.07) is 13.9. The van der Waals surface area contributed by atoms with Crippen molar-refractivity contribution in [3.05, 3.63) is 93.5 Å². The second-order valence-corrected chi connectivity index (χ2v) is 8.48. The average Bonchev–Trinajstić information content (AvgIpc) is 3.29. The quantitative estimate of drug-likeness (QED) is 0.289. The van der Waals surface area contributed by atoms with Gasteiger partial charge in [0, 0.05) is 27.9 Å². The standard InChI is InChI=1S/C27H24ClF2NO3/c1-2-33-27(32)18-10-17(11-21(31)12-18)22-4-3-5-23(22)24-13-19(28)7-9-26(24)34-15-16-6-8-20(29)14-25(16)30/h6-14H,2-5,15,31H2,1H3. The van der Waals surface area contributed by atoms with E-state index in [4.69, 9.17) is 26.8 Å². The Kier molecular flexibility index (Phi) is 7.17. The molecule has 7 heteroatoms. The SMILES string of the molecule is CCOC(=O)c1cc(N)cc(C2=C(c3cc(Cl)ccc3OCc3ccc(F)cc3F)CCC2)c1. The van der Waals surface area contributed by atoms with E-state index < -0.39 is 17.6 Å². The number of allylic oxidation sites excluding steroid dienone is 2. The lowest BCUT2D eigenvalue weighted by Crippen LogP contribution is -2.06. The van der Waals surface area contributed by atoms with Crippen LogP contribution in [0.15, 0.2) is 54.6 Å². The van der Waals surface area contributed by atoms with Crippen LogP contribution in [-0.2, 0) is 11.3 Å². The summed E-state index contributed by atoms with van der Waals surface area (Å²) >= 11 is 6.31. The molecule has 0 heterocycles. The Labute approximate surface area is 201 Å². The Morgan fingerprint density at radius 3 is 2.59 bits per heavy atom. The maximum Gasteiger partial charge on any atom is 0.338 e. The van der Waals surface area contributed by atoms with Crippen molar-refractivity contribution in [2.45, 2.75) is 32.8 Å². The summed E-state index contributed by atoms with van der Waals surface area (Å²) in [5.74, 6) is -1.19. The van der Waals surface area contributed by atoms with E-state index in [0.29, 0.717) is 22.0 Å². The molecule has 0 radical (unpaired) electrons. The molecular formula is C27H24ClF2NO3. The molecule has 0 bridgehead atoms. The lowest BCUT2D eigenvalue weighted by molar-refractivity contribution is 0.0526. The molecule has 0 fully saturated rings. The fourth-order valence-corrected chi connectivity index (χ4v) is 4.35. The predicted molar refractivity (Wildman–Crippen MR) is 130 cm³/mol. The molecular weight excluding hydrogens is 460 g/mol. The van der Waals surface area contributed by atoms with E-state index >= 15 is 0 Å². The first-order valence-electron chi connectivity index (χ1n) is 11.0. The zero-order valence-electron chi connectivity index (χ0n) is 18.7. The van der Waals surface area contributed by atoms with Crippen LogP contribution in [0, 0.1) is 11.6 Å². The topological polar surface area (TPSA) is 61.5 Å². The van der Waals surface area contributed by atoms with Crippen LogP contribution in [0.1, 0.15) is 53.2 Å². The number of hydrogen-bond donors (Lipinski definition) is 1. The summed E-state index contributed by atoms with van der Waals surface area (Å²) < 4.78 is 38.4. The summed E-state index contributed by atoms with van der Waals surface area (Å²) in [6.45, 7) is 1.96. The molecule has 0 aliphatic heterocycles. The molecule has 0 amide bonds. The van der Waals surface area contributed by atoms with Crippen LogP contribution < -0.4 is 10.5 Å². The Hall–Kier alpha value is -3.38. The van der Waals surface area contributed by atoms with E-state index in [1.54, 1.807) is 31.2 Å². The van der Waals surface area contributed by atoms with Crippen molar-refractivity contribution in [2.24, 2.45) is 0 Å². The minimum Gasteiger partial charge on any atom is -0.488 e. The fraction of sp³-hybridized carbons (Fsp3) is 0.222. The number of benzene rings is 3. The number of esters is 1. The van der Waals surface area contributed by atoms with Crippen LogP contribution in [0.3, 0.4) is 0 Å². The Bertz CT molecular complexity index is 1270. The zero-order valence-corrected chi connectivity index (χ0v) is 19.4. The molecule has 0 saturated heterocycles. The number of ether oxygens (including phenoxy) is 2. The van der Waals surface area contributed by atoms with Gasteiger partial charge in [-0.3, -0.25) is 0 Å². The van der Waals surface area contributed by atoms with Crippen LogP contribution in [0.4, 0.5) is 14.5 Å². The number of anilines is 1. The second kappa shape index (κ2) is 10.3. The van der Waals surface area contributed by atoms with Gasteiger partial charge >= 0.3 is 5.97 Å². The zero-order chi connectivity index (χ0) is 24.2. The average molecular weight is 484 g/mol. The molecule has 4 rings (SSSR count). The Balaban J connectivity index is 1.72. The summed E-state index contributed by atoms with van der Waals surface area (Å²) in [6.07, 6.45) is 2.48. The van der Waals surface area contributed by atoms with E-state index in [1.165, 1.54) is 12.1 Å². The van der Waals surface area contributed by atoms with Crippen LogP contribution >= 0.6 is 11.6 Å². The number of halogens is 3. The fourth-order valence-electron chi connectivity index (χ4n) is 4.18. The van der Waals surface area contributed by atoms with Crippen molar-refractivity contribution in [2.75, 3.05) is 12.3 Å². The van der Waals surface area contributed by atoms with Gasteiger partial charge in [-0.15, -0.1) is 0 Å². The smallest absolute Gasteiger partial charge is 0.338 e. The van der Waals surface area contributed by atoms with Gasteiger partial charge in [-0.25, -0.2) is 13.6 Å². The largest absolute Gasteiger partial charge is 0.488 e. The van der Waals surface area contributed by atoms with Crippen molar-refractivity contribution in [3.63, 3.8) is 0 Å². The molecule has 0 aromatic heterocycles. The Morgan fingerprint density at radius 2 is 1.82 bits per heavy atom. The van der Waals surface area contributed by atoms with Gasteiger partial charge in [0.25, 0.3) is 0 Å². The van der Waals surface area contributed by atoms with E-state index in [0.717, 1.165) is 47.6 Å². The highest BCUT2D eigenvalue weighted by Gasteiger charge is 2.22. The van der Waals surface area contributed by atoms with Gasteiger partial charge in [-0.1, -0.05) is 11.6 Å². The minimum atomic E-state index is -0.664. The summed E-state index contributed by atoms with van der Waals surface area (Å²) in [5.41, 5.74) is 10.9. The number of nitrogens with two attached hydrogens (primary N) is 1. The maximum atomic E-state index is 14.1. The molecule has 4 nitrogen and oxygen atoms in total. The highest BCUT2D eigenvalue weighted by atomic mass is 35.5. The maximum absolute atomic E-state index is 14.1. The summed E-state index contributed by atoms with van der Waals surface area (Å²) in [4.78, 5) is 12.3. The van der Waals surface area contributed by atoms with Crippen LogP contribution in [0.5, 0.6) is 5.75 Å². The minimum absolute atomic E-state index is 0.0609. The molecule has 3 aromatic rings. The molecule has 176 valence electrons. The van der Waals surface area contributed by atoms with Crippen molar-refractivity contribution in [1.29, 1.82) is 0 Å². The van der Waals surface area contributed by atoms with Crippen LogP contribution in [0.2, 0.25) is 5.02 Å². The normalized spacial score (nSPS) is 13.3. The first-order chi connectivity index (χ1) is 16.4. The highest BCUT2D eigenvalue weighted by Crippen LogP contribution is 2.44. The number of hydrogen-bond acceptors (Lipinski definition) is 4. The van der Waals surface area contributed by atoms with Gasteiger partial charge in [-0.05, 0) is 91.4 Å². The number of nitrogen functional groups attached to an aromatic ring is 1. The van der Waals surface area contributed by atoms with Crippen LogP contribution in [-0.4, -0.2) is 12.6 Å². The molecule has 0 spiro atoms. The monoisotopic (exact) mass is 483 g/mol. The molecule has 0 atom stereocenters. The van der Waals surface area contributed by atoms with Crippen LogP contribution in [0.25, 0.3) is 11.1 Å². The third kappa shape index (κ3) is 5.23. The van der Waals surface area contributed by atoms with Crippen molar-refractivity contribution in [1.82, 2.24) is 0 Å². The molecule has 3 aromatic carbocycles. The lowest BCUT2D eigenvalue weighted by atomic mass is 9.95. The van der Waals surface area contributed by atoms with Gasteiger partial charge in [0.15, 0.2) is 0 Å². The second-order valence-electron chi connectivity index (χ2n) is 8.04. The molecule has 1 aliphatic carbocycles. The first-order valence-corrected chi connectivity index (χ1v) is 11.4. The van der Waals surface area contributed by atoms with Crippen molar-refractivity contribution >= 4 is 34.4 Å². The van der Waals surface area contributed by atoms with E-state index in [-0.39, 0.29) is 18.8 Å². The number of carbonyl (C=O) groups is 1.